The van der Waals surface area contributed by atoms with Crippen molar-refractivity contribution >= 4 is 0 Å². The summed E-state index contributed by atoms with van der Waals surface area (Å²) in [6.45, 7) is 5.92. The fourth-order valence-electron chi connectivity index (χ4n) is 2.36. The van der Waals surface area contributed by atoms with Gasteiger partial charge < -0.3 is 5.11 Å². The first-order valence-electron chi connectivity index (χ1n) is 6.99. The lowest BCUT2D eigenvalue weighted by atomic mass is 10.1. The third kappa shape index (κ3) is 2.42. The Morgan fingerprint density at radius 2 is 1.33 bits per heavy atom. The Bertz CT molecular complexity index is 768. The van der Waals surface area contributed by atoms with Gasteiger partial charge in [-0.05, 0) is 32.9 Å². The fraction of sp³-hybridized carbons (Fsp3) is 0.167. The van der Waals surface area contributed by atoms with Crippen LogP contribution in [0.25, 0.3) is 16.9 Å². The Balaban J connectivity index is 2.20. The van der Waals surface area contributed by atoms with Crippen molar-refractivity contribution in [1.82, 2.24) is 9.78 Å². The van der Waals surface area contributed by atoms with Gasteiger partial charge in [-0.15, -0.1) is 0 Å². The van der Waals surface area contributed by atoms with Crippen molar-refractivity contribution in [2.45, 2.75) is 20.8 Å². The minimum Gasteiger partial charge on any atom is -0.504 e. The van der Waals surface area contributed by atoms with Gasteiger partial charge in [0, 0.05) is 5.56 Å². The Morgan fingerprint density at radius 3 is 1.90 bits per heavy atom. The number of hydrogen-bond donors (Lipinski definition) is 1. The summed E-state index contributed by atoms with van der Waals surface area (Å²) in [6, 6.07) is 16.2. The van der Waals surface area contributed by atoms with Crippen LogP contribution in [-0.4, -0.2) is 14.9 Å². The normalized spacial score (nSPS) is 10.8. The SMILES string of the molecule is Cc1ccc(-c2c(O)c(C)nn2-c2ccc(C)cc2)cc1. The molecule has 2 aromatic carbocycles. The molecule has 0 atom stereocenters. The van der Waals surface area contributed by atoms with E-state index in [0.717, 1.165) is 16.9 Å². The van der Waals surface area contributed by atoms with Crippen molar-refractivity contribution in [3.05, 3.63) is 65.4 Å². The molecule has 0 spiro atoms. The number of hydrogen-bond acceptors (Lipinski definition) is 2. The molecule has 21 heavy (non-hydrogen) atoms. The topological polar surface area (TPSA) is 38.1 Å². The van der Waals surface area contributed by atoms with Crippen LogP contribution in [0.5, 0.6) is 5.75 Å². The zero-order chi connectivity index (χ0) is 15.0. The van der Waals surface area contributed by atoms with Crippen LogP contribution in [0.2, 0.25) is 0 Å². The minimum atomic E-state index is 0.236. The highest BCUT2D eigenvalue weighted by molar-refractivity contribution is 5.70. The van der Waals surface area contributed by atoms with E-state index in [1.54, 1.807) is 4.68 Å². The Labute approximate surface area is 124 Å². The second-order valence-corrected chi connectivity index (χ2v) is 5.40. The van der Waals surface area contributed by atoms with Gasteiger partial charge in [-0.3, -0.25) is 0 Å². The van der Waals surface area contributed by atoms with Crippen molar-refractivity contribution in [2.24, 2.45) is 0 Å². The molecule has 0 bridgehead atoms. The van der Waals surface area contributed by atoms with Gasteiger partial charge in [0.05, 0.1) is 5.69 Å². The number of rotatable bonds is 2. The molecular formula is C18H18N2O. The molecule has 3 rings (SSSR count). The summed E-state index contributed by atoms with van der Waals surface area (Å²) in [5, 5.41) is 14.8. The van der Waals surface area contributed by atoms with Gasteiger partial charge in [0.15, 0.2) is 5.75 Å². The van der Waals surface area contributed by atoms with Gasteiger partial charge >= 0.3 is 0 Å². The van der Waals surface area contributed by atoms with Crippen LogP contribution in [0.1, 0.15) is 16.8 Å². The summed E-state index contributed by atoms with van der Waals surface area (Å²) in [4.78, 5) is 0. The molecule has 0 aliphatic rings. The van der Waals surface area contributed by atoms with Crippen molar-refractivity contribution in [2.75, 3.05) is 0 Å². The molecule has 0 aliphatic heterocycles. The summed E-state index contributed by atoms with van der Waals surface area (Å²) in [5.74, 6) is 0.236. The van der Waals surface area contributed by atoms with Gasteiger partial charge in [0.2, 0.25) is 0 Å². The van der Waals surface area contributed by atoms with Crippen LogP contribution in [0, 0.1) is 20.8 Å². The summed E-state index contributed by atoms with van der Waals surface area (Å²) in [5.41, 5.74) is 5.65. The number of aryl methyl sites for hydroxylation is 3. The smallest absolute Gasteiger partial charge is 0.165 e. The van der Waals surface area contributed by atoms with Gasteiger partial charge in [0.1, 0.15) is 11.4 Å². The number of aromatic hydroxyl groups is 1. The highest BCUT2D eigenvalue weighted by atomic mass is 16.3. The van der Waals surface area contributed by atoms with Gasteiger partial charge in [0.25, 0.3) is 0 Å². The molecular weight excluding hydrogens is 260 g/mol. The average Bonchev–Trinajstić information content (AvgIpc) is 2.77. The molecule has 1 N–H and O–H groups in total. The van der Waals surface area contributed by atoms with E-state index < -0.39 is 0 Å². The molecule has 1 aromatic heterocycles. The summed E-state index contributed by atoms with van der Waals surface area (Å²) < 4.78 is 1.80. The molecule has 0 aliphatic carbocycles. The number of aromatic nitrogens is 2. The van der Waals surface area contributed by atoms with E-state index in [4.69, 9.17) is 0 Å². The first kappa shape index (κ1) is 13.4. The van der Waals surface area contributed by atoms with Gasteiger partial charge in [-0.1, -0.05) is 47.5 Å². The maximum Gasteiger partial charge on any atom is 0.165 e. The summed E-state index contributed by atoms with van der Waals surface area (Å²) in [7, 11) is 0. The van der Waals surface area contributed by atoms with E-state index in [0.29, 0.717) is 5.69 Å². The van der Waals surface area contributed by atoms with Crippen molar-refractivity contribution in [1.29, 1.82) is 0 Å². The van der Waals surface area contributed by atoms with Crippen molar-refractivity contribution < 1.29 is 5.11 Å². The highest BCUT2D eigenvalue weighted by Gasteiger charge is 2.17. The second kappa shape index (κ2) is 5.09. The molecule has 106 valence electrons. The predicted molar refractivity (Wildman–Crippen MR) is 84.9 cm³/mol. The van der Waals surface area contributed by atoms with Crippen LogP contribution in [0.4, 0.5) is 0 Å². The van der Waals surface area contributed by atoms with Crippen LogP contribution < -0.4 is 0 Å². The van der Waals surface area contributed by atoms with E-state index in [-0.39, 0.29) is 5.75 Å². The van der Waals surface area contributed by atoms with E-state index in [1.807, 2.05) is 62.4 Å². The van der Waals surface area contributed by atoms with E-state index >= 15 is 0 Å². The molecule has 0 amide bonds. The molecule has 0 fully saturated rings. The number of benzene rings is 2. The zero-order valence-corrected chi connectivity index (χ0v) is 12.5. The molecule has 0 saturated heterocycles. The maximum absolute atomic E-state index is 10.4. The third-order valence-electron chi connectivity index (χ3n) is 3.63. The summed E-state index contributed by atoms with van der Waals surface area (Å²) in [6.07, 6.45) is 0. The van der Waals surface area contributed by atoms with Crippen LogP contribution in [-0.2, 0) is 0 Å². The Kier molecular flexibility index (Phi) is 3.26. The van der Waals surface area contributed by atoms with Crippen molar-refractivity contribution in [3.8, 4) is 22.7 Å². The minimum absolute atomic E-state index is 0.236. The highest BCUT2D eigenvalue weighted by Crippen LogP contribution is 2.34. The maximum atomic E-state index is 10.4. The predicted octanol–water partition coefficient (Wildman–Crippen LogP) is 4.17. The lowest BCUT2D eigenvalue weighted by molar-refractivity contribution is 0.473. The molecule has 3 aromatic rings. The van der Waals surface area contributed by atoms with E-state index in [1.165, 1.54) is 11.1 Å². The molecule has 0 unspecified atom stereocenters. The lowest BCUT2D eigenvalue weighted by Crippen LogP contribution is -1.99. The first-order valence-corrected chi connectivity index (χ1v) is 6.99. The quantitative estimate of drug-likeness (QED) is 0.764. The standard InChI is InChI=1S/C18H18N2O/c1-12-4-8-15(9-5-12)17-18(21)14(3)19-20(17)16-10-6-13(2)7-11-16/h4-11,21H,1-3H3. The number of nitrogens with zero attached hydrogens (tertiary/aromatic N) is 2. The molecule has 1 heterocycles. The first-order chi connectivity index (χ1) is 10.1. The van der Waals surface area contributed by atoms with Crippen LogP contribution >= 0.6 is 0 Å². The van der Waals surface area contributed by atoms with Gasteiger partial charge in [-0.2, -0.15) is 5.10 Å². The third-order valence-corrected chi connectivity index (χ3v) is 3.63. The molecule has 0 radical (unpaired) electrons. The summed E-state index contributed by atoms with van der Waals surface area (Å²) >= 11 is 0. The largest absolute Gasteiger partial charge is 0.504 e. The van der Waals surface area contributed by atoms with Crippen LogP contribution in [0.3, 0.4) is 0 Å². The molecule has 3 heteroatoms. The molecule has 3 nitrogen and oxygen atoms in total. The van der Waals surface area contributed by atoms with Crippen LogP contribution in [0.15, 0.2) is 48.5 Å². The van der Waals surface area contributed by atoms with E-state index in [9.17, 15) is 5.11 Å². The van der Waals surface area contributed by atoms with Crippen molar-refractivity contribution in [3.63, 3.8) is 0 Å². The van der Waals surface area contributed by atoms with Gasteiger partial charge in [-0.25, -0.2) is 4.68 Å². The fourth-order valence-corrected chi connectivity index (χ4v) is 2.36. The monoisotopic (exact) mass is 278 g/mol. The molecule has 0 saturated carbocycles. The zero-order valence-electron chi connectivity index (χ0n) is 12.5. The van der Waals surface area contributed by atoms with E-state index in [2.05, 4.69) is 12.0 Å². The Hall–Kier alpha value is -2.55. The second-order valence-electron chi connectivity index (χ2n) is 5.40. The lowest BCUT2D eigenvalue weighted by Gasteiger charge is -2.08. The average molecular weight is 278 g/mol. The Morgan fingerprint density at radius 1 is 0.810 bits per heavy atom.